The molecule has 0 bridgehead atoms. The molecule has 5 rings (SSSR count). The number of aromatic nitrogens is 2. The first kappa shape index (κ1) is 25.8. The SMILES string of the molecule is COC(=O)C(NC(=O)c1c(CCCc2ccncc2)c(-c2ccccc2)nc2ccccc12)c1ccccc1. The van der Waals surface area contributed by atoms with Crippen molar-refractivity contribution < 1.29 is 14.3 Å². The minimum absolute atomic E-state index is 0.344. The fraction of sp³-hybridized carbons (Fsp3) is 0.152. The lowest BCUT2D eigenvalue weighted by molar-refractivity contribution is -0.143. The lowest BCUT2D eigenvalue weighted by Gasteiger charge is -2.21. The summed E-state index contributed by atoms with van der Waals surface area (Å²) < 4.78 is 5.06. The molecule has 1 unspecified atom stereocenters. The van der Waals surface area contributed by atoms with Crippen LogP contribution in [0.25, 0.3) is 22.2 Å². The highest BCUT2D eigenvalue weighted by molar-refractivity contribution is 6.10. The Morgan fingerprint density at radius 2 is 1.49 bits per heavy atom. The molecule has 1 amide bonds. The van der Waals surface area contributed by atoms with Gasteiger partial charge in [0.05, 0.1) is 23.9 Å². The Kier molecular flexibility index (Phi) is 8.03. The zero-order valence-corrected chi connectivity index (χ0v) is 21.7. The van der Waals surface area contributed by atoms with Crippen LogP contribution in [0.2, 0.25) is 0 Å². The van der Waals surface area contributed by atoms with Gasteiger partial charge in [0.25, 0.3) is 5.91 Å². The zero-order valence-electron chi connectivity index (χ0n) is 21.7. The number of pyridine rings is 2. The van der Waals surface area contributed by atoms with Crippen LogP contribution in [-0.4, -0.2) is 29.0 Å². The molecule has 0 spiro atoms. The van der Waals surface area contributed by atoms with Crippen molar-refractivity contribution in [2.75, 3.05) is 7.11 Å². The second-order valence-electron chi connectivity index (χ2n) is 9.25. The molecule has 0 aliphatic carbocycles. The number of carbonyl (C=O) groups is 2. The maximum Gasteiger partial charge on any atom is 0.333 e. The van der Waals surface area contributed by atoms with Crippen LogP contribution in [0.1, 0.15) is 39.5 Å². The van der Waals surface area contributed by atoms with Crippen molar-refractivity contribution in [3.05, 3.63) is 132 Å². The van der Waals surface area contributed by atoms with E-state index in [9.17, 15) is 9.59 Å². The van der Waals surface area contributed by atoms with E-state index in [0.717, 1.165) is 35.0 Å². The number of nitrogens with zero attached hydrogens (tertiary/aromatic N) is 2. The molecule has 0 radical (unpaired) electrons. The second kappa shape index (κ2) is 12.1. The molecule has 0 aliphatic heterocycles. The van der Waals surface area contributed by atoms with E-state index in [1.807, 2.05) is 84.9 Å². The van der Waals surface area contributed by atoms with E-state index in [4.69, 9.17) is 9.72 Å². The van der Waals surface area contributed by atoms with Gasteiger partial charge in [-0.05, 0) is 54.2 Å². The minimum Gasteiger partial charge on any atom is -0.467 e. The summed E-state index contributed by atoms with van der Waals surface area (Å²) in [5.41, 5.74) is 5.63. The number of hydrogen-bond acceptors (Lipinski definition) is 5. The molecule has 0 fully saturated rings. The predicted molar refractivity (Wildman–Crippen MR) is 152 cm³/mol. The van der Waals surface area contributed by atoms with E-state index >= 15 is 0 Å². The van der Waals surface area contributed by atoms with E-state index in [1.165, 1.54) is 12.7 Å². The van der Waals surface area contributed by atoms with Gasteiger partial charge in [-0.15, -0.1) is 0 Å². The lowest BCUT2D eigenvalue weighted by Crippen LogP contribution is -2.35. The van der Waals surface area contributed by atoms with Crippen LogP contribution >= 0.6 is 0 Å². The molecule has 39 heavy (non-hydrogen) atoms. The monoisotopic (exact) mass is 515 g/mol. The van der Waals surface area contributed by atoms with E-state index < -0.39 is 12.0 Å². The molecular weight excluding hydrogens is 486 g/mol. The third-order valence-electron chi connectivity index (χ3n) is 6.75. The minimum atomic E-state index is -0.944. The Labute approximate surface area is 227 Å². The fourth-order valence-corrected chi connectivity index (χ4v) is 4.85. The standard InChI is InChI=1S/C33H29N3O3/c1-39-33(38)31(25-14-6-3-7-15-25)36-32(37)29-26-16-8-9-18-28(26)35-30(24-12-4-2-5-13-24)27(29)17-10-11-23-19-21-34-22-20-23/h2-9,12-16,18-22,31H,10-11,17H2,1H3,(H,36,37). The summed E-state index contributed by atoms with van der Waals surface area (Å²) in [6, 6.07) is 29.7. The van der Waals surface area contributed by atoms with Gasteiger partial charge in [-0.1, -0.05) is 78.9 Å². The molecular formula is C33H29N3O3. The molecule has 0 saturated carbocycles. The van der Waals surface area contributed by atoms with Gasteiger partial charge in [0.2, 0.25) is 0 Å². The number of methoxy groups -OCH3 is 1. The van der Waals surface area contributed by atoms with Crippen LogP contribution < -0.4 is 5.32 Å². The van der Waals surface area contributed by atoms with Crippen LogP contribution in [0.4, 0.5) is 0 Å². The van der Waals surface area contributed by atoms with Gasteiger partial charge in [0.1, 0.15) is 0 Å². The van der Waals surface area contributed by atoms with Crippen molar-refractivity contribution in [2.45, 2.75) is 25.3 Å². The van der Waals surface area contributed by atoms with E-state index in [-0.39, 0.29) is 5.91 Å². The molecule has 194 valence electrons. The highest BCUT2D eigenvalue weighted by atomic mass is 16.5. The topological polar surface area (TPSA) is 81.2 Å². The third-order valence-corrected chi connectivity index (χ3v) is 6.75. The van der Waals surface area contributed by atoms with Gasteiger partial charge in [-0.25, -0.2) is 9.78 Å². The molecule has 6 nitrogen and oxygen atoms in total. The number of aryl methyl sites for hydroxylation is 1. The third kappa shape index (κ3) is 5.85. The molecule has 3 aromatic carbocycles. The number of ether oxygens (including phenoxy) is 1. The number of hydrogen-bond donors (Lipinski definition) is 1. The smallest absolute Gasteiger partial charge is 0.333 e. The van der Waals surface area contributed by atoms with Gasteiger partial charge in [0.15, 0.2) is 6.04 Å². The normalized spacial score (nSPS) is 11.6. The number of esters is 1. The first-order chi connectivity index (χ1) is 19.2. The molecule has 5 aromatic rings. The maximum atomic E-state index is 14.1. The summed E-state index contributed by atoms with van der Waals surface area (Å²) in [5, 5.41) is 3.71. The van der Waals surface area contributed by atoms with Crippen LogP contribution in [0.15, 0.2) is 109 Å². The molecule has 2 aromatic heterocycles. The van der Waals surface area contributed by atoms with Crippen molar-refractivity contribution in [2.24, 2.45) is 0 Å². The average molecular weight is 516 g/mol. The Balaban J connectivity index is 1.61. The number of nitrogens with one attached hydrogen (secondary N) is 1. The first-order valence-electron chi connectivity index (χ1n) is 13.0. The lowest BCUT2D eigenvalue weighted by atomic mass is 9.91. The summed E-state index contributed by atoms with van der Waals surface area (Å²) in [7, 11) is 1.32. The van der Waals surface area contributed by atoms with Gasteiger partial charge < -0.3 is 10.1 Å². The Hall–Kier alpha value is -4.84. The summed E-state index contributed by atoms with van der Waals surface area (Å²) >= 11 is 0. The Morgan fingerprint density at radius 3 is 2.21 bits per heavy atom. The Morgan fingerprint density at radius 1 is 0.821 bits per heavy atom. The molecule has 0 saturated heterocycles. The average Bonchev–Trinajstić information content (AvgIpc) is 3.00. The van der Waals surface area contributed by atoms with Gasteiger partial charge in [-0.3, -0.25) is 9.78 Å². The fourth-order valence-electron chi connectivity index (χ4n) is 4.85. The number of carbonyl (C=O) groups excluding carboxylic acids is 2. The largest absolute Gasteiger partial charge is 0.467 e. The van der Waals surface area contributed by atoms with E-state index in [0.29, 0.717) is 23.1 Å². The summed E-state index contributed by atoms with van der Waals surface area (Å²) in [5.74, 6) is -0.876. The van der Waals surface area contributed by atoms with E-state index in [2.05, 4.69) is 10.3 Å². The molecule has 1 atom stereocenters. The second-order valence-corrected chi connectivity index (χ2v) is 9.25. The summed E-state index contributed by atoms with van der Waals surface area (Å²) in [6.45, 7) is 0. The molecule has 0 aliphatic rings. The van der Waals surface area contributed by atoms with E-state index in [1.54, 1.807) is 24.5 Å². The number of amides is 1. The summed E-state index contributed by atoms with van der Waals surface area (Å²) in [4.78, 5) is 36.1. The van der Waals surface area contributed by atoms with Crippen molar-refractivity contribution >= 4 is 22.8 Å². The van der Waals surface area contributed by atoms with Crippen molar-refractivity contribution in [1.29, 1.82) is 0 Å². The van der Waals surface area contributed by atoms with Crippen LogP contribution in [-0.2, 0) is 22.4 Å². The van der Waals surface area contributed by atoms with Crippen molar-refractivity contribution in [3.8, 4) is 11.3 Å². The van der Waals surface area contributed by atoms with Gasteiger partial charge in [-0.2, -0.15) is 0 Å². The van der Waals surface area contributed by atoms with Crippen LogP contribution in [0.5, 0.6) is 0 Å². The van der Waals surface area contributed by atoms with Crippen LogP contribution in [0.3, 0.4) is 0 Å². The maximum absolute atomic E-state index is 14.1. The zero-order chi connectivity index (χ0) is 27.0. The molecule has 6 heteroatoms. The van der Waals surface area contributed by atoms with Gasteiger partial charge >= 0.3 is 5.97 Å². The number of fused-ring (bicyclic) bond motifs is 1. The van der Waals surface area contributed by atoms with Crippen LogP contribution in [0, 0.1) is 0 Å². The first-order valence-corrected chi connectivity index (χ1v) is 13.0. The highest BCUT2D eigenvalue weighted by Gasteiger charge is 2.27. The predicted octanol–water partition coefficient (Wildman–Crippen LogP) is 6.12. The van der Waals surface area contributed by atoms with Crippen molar-refractivity contribution in [1.82, 2.24) is 15.3 Å². The summed E-state index contributed by atoms with van der Waals surface area (Å²) in [6.07, 6.45) is 5.85. The van der Waals surface area contributed by atoms with Crippen molar-refractivity contribution in [3.63, 3.8) is 0 Å². The highest BCUT2D eigenvalue weighted by Crippen LogP contribution is 2.32. The number of rotatable bonds is 9. The molecule has 2 heterocycles. The Bertz CT molecular complexity index is 1570. The quantitative estimate of drug-likeness (QED) is 0.239. The molecule has 1 N–H and O–H groups in total. The number of para-hydroxylation sites is 1. The number of benzene rings is 3. The van der Waals surface area contributed by atoms with Gasteiger partial charge in [0, 0.05) is 23.3 Å².